The molecule has 0 aliphatic rings. The van der Waals surface area contributed by atoms with Crippen molar-refractivity contribution in [1.82, 2.24) is 0 Å². The molecule has 0 radical (unpaired) electrons. The molecule has 0 atom stereocenters. The number of nitrogens with zero attached hydrogens (tertiary/aromatic N) is 1. The average molecular weight is 219 g/mol. The van der Waals surface area contributed by atoms with Crippen molar-refractivity contribution >= 4 is 17.5 Å². The molecule has 2 rings (SSSR count). The van der Waals surface area contributed by atoms with Crippen molar-refractivity contribution < 1.29 is 28.8 Å². The van der Waals surface area contributed by atoms with Crippen LogP contribution in [0, 0.1) is 0 Å². The van der Waals surface area contributed by atoms with Crippen LogP contribution in [0.15, 0.2) is 60.7 Å². The Kier molecular flexibility index (Phi) is 4.83. The standard InChI is InChI=1S/C13H11NO2.Li/c15-13(16)14(11-7-3-1-4-8-11)12-9-5-2-6-10-12;/h1-10H,(H,15,16);/q;+1/p-1. The number of amides is 1. The molecule has 0 aliphatic carbocycles. The molecule has 0 heterocycles. The number of rotatable bonds is 2. The van der Waals surface area contributed by atoms with E-state index in [1.165, 1.54) is 0 Å². The van der Waals surface area contributed by atoms with Gasteiger partial charge in [0.2, 0.25) is 0 Å². The fraction of sp³-hybridized carbons (Fsp3) is 0. The van der Waals surface area contributed by atoms with Crippen molar-refractivity contribution in [2.75, 3.05) is 4.90 Å². The molecule has 4 heteroatoms. The van der Waals surface area contributed by atoms with Gasteiger partial charge in [-0.1, -0.05) is 36.4 Å². The Bertz CT molecular complexity index is 434. The first-order valence-electron chi connectivity index (χ1n) is 4.90. The van der Waals surface area contributed by atoms with E-state index in [0.29, 0.717) is 11.4 Å². The van der Waals surface area contributed by atoms with E-state index in [0.717, 1.165) is 4.90 Å². The average Bonchev–Trinajstić information content (AvgIpc) is 2.31. The molecule has 17 heavy (non-hydrogen) atoms. The van der Waals surface area contributed by atoms with E-state index in [-0.39, 0.29) is 18.9 Å². The number of benzene rings is 2. The van der Waals surface area contributed by atoms with Crippen molar-refractivity contribution in [3.05, 3.63) is 60.7 Å². The van der Waals surface area contributed by atoms with Crippen LogP contribution in [0.1, 0.15) is 0 Å². The van der Waals surface area contributed by atoms with Gasteiger partial charge in [0.05, 0.1) is 0 Å². The zero-order chi connectivity index (χ0) is 11.4. The minimum absolute atomic E-state index is 0. The van der Waals surface area contributed by atoms with E-state index in [9.17, 15) is 9.90 Å². The Balaban J connectivity index is 0.00000144. The predicted octanol–water partition coefficient (Wildman–Crippen LogP) is -0.828. The molecule has 0 bridgehead atoms. The molecule has 0 aliphatic heterocycles. The summed E-state index contributed by atoms with van der Waals surface area (Å²) in [6.07, 6.45) is -1.24. The number of carboxylic acid groups (broad SMARTS) is 1. The van der Waals surface area contributed by atoms with E-state index >= 15 is 0 Å². The molecule has 0 N–H and O–H groups in total. The summed E-state index contributed by atoms with van der Waals surface area (Å²) in [6.45, 7) is 0. The van der Waals surface area contributed by atoms with Crippen LogP contribution >= 0.6 is 0 Å². The summed E-state index contributed by atoms with van der Waals surface area (Å²) in [5.41, 5.74) is 1.16. The molecule has 2 aromatic carbocycles. The van der Waals surface area contributed by atoms with Gasteiger partial charge >= 0.3 is 18.9 Å². The van der Waals surface area contributed by atoms with Crippen LogP contribution in [0.25, 0.3) is 0 Å². The number of hydrogen-bond donors (Lipinski definition) is 0. The van der Waals surface area contributed by atoms with Gasteiger partial charge in [0, 0.05) is 11.4 Å². The third-order valence-corrected chi connectivity index (χ3v) is 2.21. The van der Waals surface area contributed by atoms with Crippen molar-refractivity contribution in [2.24, 2.45) is 0 Å². The maximum Gasteiger partial charge on any atom is 1.00 e. The molecular weight excluding hydrogens is 209 g/mol. The first-order valence-corrected chi connectivity index (χ1v) is 4.90. The van der Waals surface area contributed by atoms with Gasteiger partial charge in [-0.05, 0) is 24.3 Å². The zero-order valence-corrected chi connectivity index (χ0v) is 9.54. The smallest absolute Gasteiger partial charge is 0.529 e. The Morgan fingerprint density at radius 3 is 1.47 bits per heavy atom. The largest absolute Gasteiger partial charge is 1.00 e. The third kappa shape index (κ3) is 3.13. The van der Waals surface area contributed by atoms with Crippen LogP contribution in [0.4, 0.5) is 16.2 Å². The normalized spacial score (nSPS) is 9.18. The molecule has 0 fully saturated rings. The van der Waals surface area contributed by atoms with Crippen LogP contribution in [0.2, 0.25) is 0 Å². The van der Waals surface area contributed by atoms with Crippen LogP contribution in [-0.2, 0) is 0 Å². The monoisotopic (exact) mass is 219 g/mol. The predicted molar refractivity (Wildman–Crippen MR) is 60.4 cm³/mol. The molecule has 0 saturated heterocycles. The van der Waals surface area contributed by atoms with Crippen LogP contribution in [-0.4, -0.2) is 6.09 Å². The quantitative estimate of drug-likeness (QED) is 0.619. The first kappa shape index (κ1) is 13.4. The minimum atomic E-state index is -1.24. The van der Waals surface area contributed by atoms with E-state index in [4.69, 9.17) is 0 Å². The number of hydrogen-bond acceptors (Lipinski definition) is 2. The number of anilines is 2. The van der Waals surface area contributed by atoms with E-state index in [1.54, 1.807) is 48.5 Å². The van der Waals surface area contributed by atoms with Crippen LogP contribution in [0.3, 0.4) is 0 Å². The van der Waals surface area contributed by atoms with Gasteiger partial charge in [-0.25, -0.2) is 0 Å². The summed E-state index contributed by atoms with van der Waals surface area (Å²) in [7, 11) is 0. The van der Waals surface area contributed by atoms with Crippen LogP contribution < -0.4 is 28.9 Å². The fourth-order valence-electron chi connectivity index (χ4n) is 1.51. The van der Waals surface area contributed by atoms with E-state index in [1.807, 2.05) is 12.1 Å². The Morgan fingerprint density at radius 1 is 0.824 bits per heavy atom. The van der Waals surface area contributed by atoms with Gasteiger partial charge < -0.3 is 9.90 Å². The third-order valence-electron chi connectivity index (χ3n) is 2.21. The fourth-order valence-corrected chi connectivity index (χ4v) is 1.51. The second-order valence-electron chi connectivity index (χ2n) is 3.27. The Morgan fingerprint density at radius 2 is 1.18 bits per heavy atom. The van der Waals surface area contributed by atoms with Crippen molar-refractivity contribution in [1.29, 1.82) is 0 Å². The van der Waals surface area contributed by atoms with Crippen molar-refractivity contribution in [2.45, 2.75) is 0 Å². The van der Waals surface area contributed by atoms with Gasteiger partial charge in [0.1, 0.15) is 6.09 Å². The van der Waals surface area contributed by atoms with Gasteiger partial charge in [-0.3, -0.25) is 4.90 Å². The summed E-state index contributed by atoms with van der Waals surface area (Å²) in [5, 5.41) is 11.1. The molecule has 80 valence electrons. The van der Waals surface area contributed by atoms with Crippen molar-refractivity contribution in [3.8, 4) is 0 Å². The second-order valence-corrected chi connectivity index (χ2v) is 3.27. The molecule has 0 saturated carbocycles. The molecule has 0 unspecified atom stereocenters. The summed E-state index contributed by atoms with van der Waals surface area (Å²) < 4.78 is 0. The number of carbonyl (C=O) groups is 1. The summed E-state index contributed by atoms with van der Waals surface area (Å²) >= 11 is 0. The second kappa shape index (κ2) is 6.14. The Hall–Kier alpha value is -1.69. The van der Waals surface area contributed by atoms with Crippen LogP contribution in [0.5, 0.6) is 0 Å². The summed E-state index contributed by atoms with van der Waals surface area (Å²) in [6, 6.07) is 17.7. The van der Waals surface area contributed by atoms with Gasteiger partial charge in [0.15, 0.2) is 0 Å². The van der Waals surface area contributed by atoms with E-state index < -0.39 is 6.09 Å². The molecule has 0 aromatic heterocycles. The van der Waals surface area contributed by atoms with Gasteiger partial charge in [0.25, 0.3) is 0 Å². The van der Waals surface area contributed by atoms with Gasteiger partial charge in [-0.2, -0.15) is 0 Å². The zero-order valence-electron chi connectivity index (χ0n) is 9.54. The minimum Gasteiger partial charge on any atom is -0.529 e. The summed E-state index contributed by atoms with van der Waals surface area (Å²) in [5.74, 6) is 0. The SMILES string of the molecule is O=C([O-])N(c1ccccc1)c1ccccc1.[Li+]. The molecule has 0 spiro atoms. The maximum atomic E-state index is 11.1. The number of carbonyl (C=O) groups excluding carboxylic acids is 1. The number of para-hydroxylation sites is 2. The molecule has 2 aromatic rings. The molecular formula is C13H10LiNO2. The topological polar surface area (TPSA) is 43.4 Å². The van der Waals surface area contributed by atoms with Gasteiger partial charge in [-0.15, -0.1) is 0 Å². The molecule has 1 amide bonds. The molecule has 3 nitrogen and oxygen atoms in total. The van der Waals surface area contributed by atoms with Crippen molar-refractivity contribution in [3.63, 3.8) is 0 Å². The summed E-state index contributed by atoms with van der Waals surface area (Å²) in [4.78, 5) is 12.3. The first-order chi connectivity index (χ1) is 7.79. The Labute approximate surface area is 112 Å². The maximum absolute atomic E-state index is 11.1. The van der Waals surface area contributed by atoms with E-state index in [2.05, 4.69) is 0 Å².